The molecule has 1 aliphatic rings. The molecule has 1 aromatic carbocycles. The Bertz CT molecular complexity index is 397. The van der Waals surface area contributed by atoms with Crippen LogP contribution in [0.1, 0.15) is 24.8 Å². The third-order valence-electron chi connectivity index (χ3n) is 2.66. The molecule has 0 unspecified atom stereocenters. The molecule has 4 heteroatoms. The van der Waals surface area contributed by atoms with Crippen molar-refractivity contribution in [2.75, 3.05) is 6.61 Å². The summed E-state index contributed by atoms with van der Waals surface area (Å²) in [5, 5.41) is 0. The Morgan fingerprint density at radius 2 is 2.17 bits per heavy atom. The number of carbonyl (C=O) groups is 1. The van der Waals surface area contributed by atoms with E-state index in [2.05, 4.69) is 5.48 Å². The highest BCUT2D eigenvalue weighted by Gasteiger charge is 2.14. The molecule has 1 aliphatic heterocycles. The van der Waals surface area contributed by atoms with Crippen LogP contribution in [0, 0.1) is 0 Å². The maximum atomic E-state index is 11.5. The maximum absolute atomic E-state index is 11.5. The van der Waals surface area contributed by atoms with Gasteiger partial charge in [-0.3, -0.25) is 4.79 Å². The molecule has 1 amide bonds. The number of nitrogens with one attached hydrogen (secondary N) is 1. The Morgan fingerprint density at radius 3 is 2.89 bits per heavy atom. The number of hydrogen-bond acceptors (Lipinski definition) is 3. The summed E-state index contributed by atoms with van der Waals surface area (Å²) in [4.78, 5) is 16.6. The van der Waals surface area contributed by atoms with Gasteiger partial charge in [0.2, 0.25) is 0 Å². The summed E-state index contributed by atoms with van der Waals surface area (Å²) >= 11 is 0. The fourth-order valence-electron chi connectivity index (χ4n) is 1.70. The van der Waals surface area contributed by atoms with E-state index in [1.807, 2.05) is 30.3 Å². The van der Waals surface area contributed by atoms with Crippen LogP contribution in [0.25, 0.3) is 6.08 Å². The van der Waals surface area contributed by atoms with Gasteiger partial charge >= 0.3 is 0 Å². The average molecular weight is 247 g/mol. The fourth-order valence-corrected chi connectivity index (χ4v) is 1.70. The molecule has 96 valence electrons. The molecular formula is C14H17NO3. The predicted molar refractivity (Wildman–Crippen MR) is 68.3 cm³/mol. The summed E-state index contributed by atoms with van der Waals surface area (Å²) < 4.78 is 5.33. The second-order valence-electron chi connectivity index (χ2n) is 4.12. The number of rotatable bonds is 4. The van der Waals surface area contributed by atoms with Crippen molar-refractivity contribution in [3.63, 3.8) is 0 Å². The number of hydroxylamine groups is 1. The second-order valence-corrected chi connectivity index (χ2v) is 4.12. The van der Waals surface area contributed by atoms with Gasteiger partial charge in [0.1, 0.15) is 0 Å². The van der Waals surface area contributed by atoms with E-state index >= 15 is 0 Å². The van der Waals surface area contributed by atoms with E-state index in [0.29, 0.717) is 6.61 Å². The monoisotopic (exact) mass is 247 g/mol. The predicted octanol–water partition coefficient (Wildman–Crippen LogP) is 2.27. The molecule has 1 fully saturated rings. The Kier molecular flexibility index (Phi) is 4.93. The van der Waals surface area contributed by atoms with Gasteiger partial charge in [0, 0.05) is 19.1 Å². The van der Waals surface area contributed by atoms with Crippen LogP contribution in [-0.2, 0) is 14.4 Å². The Balaban J connectivity index is 1.73. The summed E-state index contributed by atoms with van der Waals surface area (Å²) in [5.41, 5.74) is 3.35. The SMILES string of the molecule is O=C(/C=C\c1ccccc1)NO[C@H]1CCCCO1. The summed E-state index contributed by atoms with van der Waals surface area (Å²) in [6.45, 7) is 0.695. The maximum Gasteiger partial charge on any atom is 0.267 e. The molecule has 1 N–H and O–H groups in total. The highest BCUT2D eigenvalue weighted by atomic mass is 16.8. The normalized spacial score (nSPS) is 19.9. The van der Waals surface area contributed by atoms with Crippen molar-refractivity contribution in [3.8, 4) is 0 Å². The van der Waals surface area contributed by atoms with Gasteiger partial charge in [0.15, 0.2) is 6.29 Å². The average Bonchev–Trinajstić information content (AvgIpc) is 2.45. The minimum absolute atomic E-state index is 0.284. The minimum Gasteiger partial charge on any atom is -0.350 e. The highest BCUT2D eigenvalue weighted by Crippen LogP contribution is 2.12. The zero-order chi connectivity index (χ0) is 12.6. The molecule has 1 aromatic rings. The zero-order valence-electron chi connectivity index (χ0n) is 10.2. The highest BCUT2D eigenvalue weighted by molar-refractivity contribution is 5.90. The van der Waals surface area contributed by atoms with Crippen LogP contribution in [0.4, 0.5) is 0 Å². The second kappa shape index (κ2) is 6.93. The summed E-state index contributed by atoms with van der Waals surface area (Å²) in [6, 6.07) is 9.62. The molecule has 0 bridgehead atoms. The number of hydrogen-bond donors (Lipinski definition) is 1. The molecule has 4 nitrogen and oxygen atoms in total. The van der Waals surface area contributed by atoms with E-state index in [1.54, 1.807) is 6.08 Å². The van der Waals surface area contributed by atoms with E-state index in [4.69, 9.17) is 9.57 Å². The van der Waals surface area contributed by atoms with Crippen molar-refractivity contribution in [2.45, 2.75) is 25.6 Å². The lowest BCUT2D eigenvalue weighted by Crippen LogP contribution is -2.32. The largest absolute Gasteiger partial charge is 0.350 e. The smallest absolute Gasteiger partial charge is 0.267 e. The van der Waals surface area contributed by atoms with Gasteiger partial charge in [-0.25, -0.2) is 10.3 Å². The van der Waals surface area contributed by atoms with Crippen LogP contribution < -0.4 is 5.48 Å². The lowest BCUT2D eigenvalue weighted by Gasteiger charge is -2.21. The van der Waals surface area contributed by atoms with E-state index in [1.165, 1.54) is 6.08 Å². The molecule has 18 heavy (non-hydrogen) atoms. The van der Waals surface area contributed by atoms with Crippen molar-refractivity contribution in [3.05, 3.63) is 42.0 Å². The van der Waals surface area contributed by atoms with Gasteiger partial charge in [0.05, 0.1) is 0 Å². The van der Waals surface area contributed by atoms with E-state index in [-0.39, 0.29) is 12.2 Å². The molecule has 0 aliphatic carbocycles. The summed E-state index contributed by atoms with van der Waals surface area (Å²) in [7, 11) is 0. The van der Waals surface area contributed by atoms with E-state index < -0.39 is 0 Å². The van der Waals surface area contributed by atoms with Gasteiger partial charge < -0.3 is 4.74 Å². The molecule has 0 radical (unpaired) electrons. The molecular weight excluding hydrogens is 230 g/mol. The van der Waals surface area contributed by atoms with Gasteiger partial charge in [-0.15, -0.1) is 0 Å². The van der Waals surface area contributed by atoms with E-state index in [9.17, 15) is 4.79 Å². The molecule has 0 aromatic heterocycles. The standard InChI is InChI=1S/C14H17NO3/c16-13(10-9-12-6-2-1-3-7-12)15-18-14-8-4-5-11-17-14/h1-3,6-7,9-10,14H,4-5,8,11H2,(H,15,16)/b10-9-/t14-/m0/s1. The Morgan fingerprint density at radius 1 is 1.33 bits per heavy atom. The van der Waals surface area contributed by atoms with Crippen molar-refractivity contribution >= 4 is 12.0 Å². The van der Waals surface area contributed by atoms with Gasteiger partial charge in [-0.1, -0.05) is 30.3 Å². The fraction of sp³-hybridized carbons (Fsp3) is 0.357. The summed E-state index contributed by atoms with van der Waals surface area (Å²) in [6.07, 6.45) is 5.82. The first-order valence-electron chi connectivity index (χ1n) is 6.15. The van der Waals surface area contributed by atoms with Crippen LogP contribution >= 0.6 is 0 Å². The van der Waals surface area contributed by atoms with Gasteiger partial charge in [-0.05, 0) is 24.5 Å². The molecule has 0 saturated carbocycles. The van der Waals surface area contributed by atoms with Crippen LogP contribution in [0.15, 0.2) is 36.4 Å². The van der Waals surface area contributed by atoms with E-state index in [0.717, 1.165) is 24.8 Å². The van der Waals surface area contributed by atoms with Gasteiger partial charge in [0.25, 0.3) is 5.91 Å². The van der Waals surface area contributed by atoms with Crippen LogP contribution in [0.5, 0.6) is 0 Å². The van der Waals surface area contributed by atoms with Crippen molar-refractivity contribution in [2.24, 2.45) is 0 Å². The lowest BCUT2D eigenvalue weighted by atomic mass is 10.2. The third-order valence-corrected chi connectivity index (χ3v) is 2.66. The van der Waals surface area contributed by atoms with Crippen molar-refractivity contribution in [1.29, 1.82) is 0 Å². The third kappa shape index (κ3) is 4.31. The number of amides is 1. The first-order valence-corrected chi connectivity index (χ1v) is 6.15. The van der Waals surface area contributed by atoms with Gasteiger partial charge in [-0.2, -0.15) is 0 Å². The molecule has 1 saturated heterocycles. The molecule has 0 spiro atoms. The van der Waals surface area contributed by atoms with Crippen LogP contribution in [0.2, 0.25) is 0 Å². The number of ether oxygens (including phenoxy) is 1. The quantitative estimate of drug-likeness (QED) is 0.656. The topological polar surface area (TPSA) is 47.6 Å². The minimum atomic E-state index is -0.312. The summed E-state index contributed by atoms with van der Waals surface area (Å²) in [5.74, 6) is -0.284. The van der Waals surface area contributed by atoms with Crippen molar-refractivity contribution in [1.82, 2.24) is 5.48 Å². The molecule has 1 atom stereocenters. The van der Waals surface area contributed by atoms with Crippen LogP contribution in [0.3, 0.4) is 0 Å². The Hall–Kier alpha value is -1.65. The first kappa shape index (κ1) is 12.8. The molecule has 2 rings (SSSR count). The van der Waals surface area contributed by atoms with Crippen molar-refractivity contribution < 1.29 is 14.4 Å². The zero-order valence-corrected chi connectivity index (χ0v) is 10.2. The Labute approximate surface area is 107 Å². The number of benzene rings is 1. The number of carbonyl (C=O) groups excluding carboxylic acids is 1. The lowest BCUT2D eigenvalue weighted by molar-refractivity contribution is -0.198. The molecule has 1 heterocycles. The van der Waals surface area contributed by atoms with Crippen LogP contribution in [-0.4, -0.2) is 18.8 Å². The first-order chi connectivity index (χ1) is 8.84.